The van der Waals surface area contributed by atoms with Crippen LogP contribution in [0.4, 0.5) is 5.82 Å². The molecule has 2 aromatic carbocycles. The van der Waals surface area contributed by atoms with Crippen molar-refractivity contribution in [1.82, 2.24) is 24.5 Å². The number of nitrogens with one attached hydrogen (secondary N) is 1. The standard InChI is InChI=1S/C29H28N6/c1-35-21-32-26-28(33-27(34-29(26)35)24-16-19-30-20-17-24)31-18-10-4-9-15-25(22-11-5-2-6-12-22)23-13-7-3-8-14-23/h2-3,5-8,11-17,19-21H,4,9-10,18H2,1H3,(H,31,33,34). The Morgan fingerprint density at radius 3 is 2.23 bits per heavy atom. The number of pyridine rings is 1. The lowest BCUT2D eigenvalue weighted by atomic mass is 9.96. The number of hydrogen-bond donors (Lipinski definition) is 1. The molecule has 0 spiro atoms. The van der Waals surface area contributed by atoms with E-state index in [0.29, 0.717) is 5.82 Å². The molecule has 0 radical (unpaired) electrons. The zero-order chi connectivity index (χ0) is 23.9. The third kappa shape index (κ3) is 5.27. The summed E-state index contributed by atoms with van der Waals surface area (Å²) in [6.07, 6.45) is 10.7. The molecule has 35 heavy (non-hydrogen) atoms. The maximum absolute atomic E-state index is 4.77. The predicted octanol–water partition coefficient (Wildman–Crippen LogP) is 6.14. The molecule has 0 aliphatic rings. The molecule has 6 nitrogen and oxygen atoms in total. The molecule has 174 valence electrons. The van der Waals surface area contributed by atoms with Crippen molar-refractivity contribution in [2.24, 2.45) is 7.05 Å². The lowest BCUT2D eigenvalue weighted by molar-refractivity contribution is 0.777. The minimum Gasteiger partial charge on any atom is -0.368 e. The second-order valence-corrected chi connectivity index (χ2v) is 8.43. The quantitative estimate of drug-likeness (QED) is 0.268. The zero-order valence-corrected chi connectivity index (χ0v) is 19.8. The summed E-state index contributed by atoms with van der Waals surface area (Å²) < 4.78 is 1.92. The van der Waals surface area contributed by atoms with Crippen LogP contribution in [-0.4, -0.2) is 31.0 Å². The fourth-order valence-electron chi connectivity index (χ4n) is 4.12. The Morgan fingerprint density at radius 2 is 1.54 bits per heavy atom. The van der Waals surface area contributed by atoms with E-state index in [1.165, 1.54) is 16.7 Å². The van der Waals surface area contributed by atoms with Gasteiger partial charge >= 0.3 is 0 Å². The van der Waals surface area contributed by atoms with E-state index in [1.807, 2.05) is 23.7 Å². The maximum Gasteiger partial charge on any atom is 0.165 e. The van der Waals surface area contributed by atoms with Gasteiger partial charge in [0.1, 0.15) is 5.52 Å². The van der Waals surface area contributed by atoms with Gasteiger partial charge < -0.3 is 9.88 Å². The van der Waals surface area contributed by atoms with Crippen LogP contribution < -0.4 is 5.32 Å². The van der Waals surface area contributed by atoms with E-state index in [2.05, 4.69) is 82.0 Å². The summed E-state index contributed by atoms with van der Waals surface area (Å²) in [5.74, 6) is 1.44. The number of aryl methyl sites for hydroxylation is 1. The molecule has 5 rings (SSSR count). The molecule has 0 saturated carbocycles. The van der Waals surface area contributed by atoms with Crippen molar-refractivity contribution in [2.75, 3.05) is 11.9 Å². The predicted molar refractivity (Wildman–Crippen MR) is 142 cm³/mol. The molecule has 0 saturated heterocycles. The van der Waals surface area contributed by atoms with Crippen molar-refractivity contribution in [3.8, 4) is 11.4 Å². The smallest absolute Gasteiger partial charge is 0.165 e. The minimum atomic E-state index is 0.671. The number of anilines is 1. The molecular weight excluding hydrogens is 432 g/mol. The molecule has 0 fully saturated rings. The zero-order valence-electron chi connectivity index (χ0n) is 19.8. The molecule has 0 aliphatic heterocycles. The SMILES string of the molecule is Cn1cnc2c(NCCCCC=C(c3ccccc3)c3ccccc3)nc(-c3ccncc3)nc21. The van der Waals surface area contributed by atoms with E-state index in [-0.39, 0.29) is 0 Å². The molecule has 1 N–H and O–H groups in total. The summed E-state index contributed by atoms with van der Waals surface area (Å²) in [5, 5.41) is 3.50. The summed E-state index contributed by atoms with van der Waals surface area (Å²) in [7, 11) is 1.95. The Morgan fingerprint density at radius 1 is 0.857 bits per heavy atom. The highest BCUT2D eigenvalue weighted by molar-refractivity contribution is 5.85. The molecule has 5 aromatic rings. The van der Waals surface area contributed by atoms with E-state index in [1.54, 1.807) is 18.7 Å². The first kappa shape index (κ1) is 22.5. The van der Waals surface area contributed by atoms with E-state index in [4.69, 9.17) is 9.97 Å². The minimum absolute atomic E-state index is 0.671. The van der Waals surface area contributed by atoms with Gasteiger partial charge in [-0.2, -0.15) is 0 Å². The van der Waals surface area contributed by atoms with Crippen LogP contribution in [0.3, 0.4) is 0 Å². The largest absolute Gasteiger partial charge is 0.368 e. The van der Waals surface area contributed by atoms with E-state index >= 15 is 0 Å². The number of unbranched alkanes of at least 4 members (excludes halogenated alkanes) is 2. The second kappa shape index (κ2) is 10.7. The van der Waals surface area contributed by atoms with Crippen LogP contribution in [0.1, 0.15) is 30.4 Å². The van der Waals surface area contributed by atoms with Gasteiger partial charge in [0, 0.05) is 31.5 Å². The molecule has 3 aromatic heterocycles. The van der Waals surface area contributed by atoms with Crippen LogP contribution in [0.25, 0.3) is 28.1 Å². The van der Waals surface area contributed by atoms with Crippen LogP contribution >= 0.6 is 0 Å². The highest BCUT2D eigenvalue weighted by Gasteiger charge is 2.13. The Bertz CT molecular complexity index is 1370. The van der Waals surface area contributed by atoms with Crippen LogP contribution in [0.5, 0.6) is 0 Å². The van der Waals surface area contributed by atoms with Crippen molar-refractivity contribution in [3.05, 3.63) is 109 Å². The molecule has 0 amide bonds. The third-order valence-corrected chi connectivity index (χ3v) is 5.94. The molecule has 0 unspecified atom stereocenters. The Labute approximate surface area is 205 Å². The number of fused-ring (bicyclic) bond motifs is 1. The summed E-state index contributed by atoms with van der Waals surface area (Å²) in [6, 6.07) is 25.0. The lowest BCUT2D eigenvalue weighted by Gasteiger charge is -2.10. The Kier molecular flexibility index (Phi) is 6.89. The van der Waals surface area contributed by atoms with Gasteiger partial charge in [0.2, 0.25) is 0 Å². The van der Waals surface area contributed by atoms with Crippen molar-refractivity contribution >= 4 is 22.6 Å². The number of benzene rings is 2. The number of aromatic nitrogens is 5. The van der Waals surface area contributed by atoms with Crippen LogP contribution in [0.15, 0.2) is 97.6 Å². The van der Waals surface area contributed by atoms with Gasteiger partial charge in [-0.05, 0) is 48.1 Å². The van der Waals surface area contributed by atoms with Gasteiger partial charge in [-0.25, -0.2) is 15.0 Å². The van der Waals surface area contributed by atoms with Crippen molar-refractivity contribution in [3.63, 3.8) is 0 Å². The third-order valence-electron chi connectivity index (χ3n) is 5.94. The molecule has 0 aliphatic carbocycles. The fourth-order valence-corrected chi connectivity index (χ4v) is 4.12. The van der Waals surface area contributed by atoms with Crippen LogP contribution in [0, 0.1) is 0 Å². The van der Waals surface area contributed by atoms with Crippen LogP contribution in [0.2, 0.25) is 0 Å². The second-order valence-electron chi connectivity index (χ2n) is 8.43. The van der Waals surface area contributed by atoms with E-state index in [9.17, 15) is 0 Å². The molecule has 0 atom stereocenters. The number of nitrogens with zero attached hydrogens (tertiary/aromatic N) is 5. The highest BCUT2D eigenvalue weighted by atomic mass is 15.1. The topological polar surface area (TPSA) is 68.5 Å². The van der Waals surface area contributed by atoms with Crippen LogP contribution in [-0.2, 0) is 7.05 Å². The first-order valence-corrected chi connectivity index (χ1v) is 11.9. The number of rotatable bonds is 9. The summed E-state index contributed by atoms with van der Waals surface area (Å²) in [5.41, 5.74) is 6.32. The molecule has 0 bridgehead atoms. The average molecular weight is 461 g/mol. The van der Waals surface area contributed by atoms with Crippen molar-refractivity contribution in [1.29, 1.82) is 0 Å². The average Bonchev–Trinajstić information content (AvgIpc) is 3.30. The van der Waals surface area contributed by atoms with E-state index in [0.717, 1.165) is 48.4 Å². The van der Waals surface area contributed by atoms with Gasteiger partial charge in [-0.15, -0.1) is 0 Å². The summed E-state index contributed by atoms with van der Waals surface area (Å²) >= 11 is 0. The summed E-state index contributed by atoms with van der Waals surface area (Å²) in [6.45, 7) is 0.818. The van der Waals surface area contributed by atoms with Gasteiger partial charge in [0.15, 0.2) is 17.3 Å². The Balaban J connectivity index is 1.26. The van der Waals surface area contributed by atoms with E-state index < -0.39 is 0 Å². The number of hydrogen-bond acceptors (Lipinski definition) is 5. The first-order chi connectivity index (χ1) is 17.3. The van der Waals surface area contributed by atoms with Gasteiger partial charge in [0.05, 0.1) is 6.33 Å². The molecular formula is C29H28N6. The van der Waals surface area contributed by atoms with Crippen molar-refractivity contribution in [2.45, 2.75) is 19.3 Å². The fraction of sp³-hybridized carbons (Fsp3) is 0.172. The number of imidazole rings is 1. The van der Waals surface area contributed by atoms with Gasteiger partial charge in [-0.1, -0.05) is 66.7 Å². The maximum atomic E-state index is 4.77. The monoisotopic (exact) mass is 460 g/mol. The summed E-state index contributed by atoms with van der Waals surface area (Å²) in [4.78, 5) is 18.1. The highest BCUT2D eigenvalue weighted by Crippen LogP contribution is 2.25. The van der Waals surface area contributed by atoms with Crippen molar-refractivity contribution < 1.29 is 0 Å². The Hall–Kier alpha value is -4.32. The number of allylic oxidation sites excluding steroid dienone is 1. The molecule has 6 heteroatoms. The van der Waals surface area contributed by atoms with Gasteiger partial charge in [-0.3, -0.25) is 4.98 Å². The van der Waals surface area contributed by atoms with Gasteiger partial charge in [0.25, 0.3) is 0 Å². The lowest BCUT2D eigenvalue weighted by Crippen LogP contribution is -2.06. The first-order valence-electron chi connectivity index (χ1n) is 11.9. The normalized spacial score (nSPS) is 10.9. The molecule has 3 heterocycles.